The normalized spacial score (nSPS) is 17.3. The van der Waals surface area contributed by atoms with E-state index in [9.17, 15) is 14.0 Å². The molecule has 5 N–H and O–H groups in total. The summed E-state index contributed by atoms with van der Waals surface area (Å²) in [5, 5.41) is 1.80. The van der Waals surface area contributed by atoms with Crippen LogP contribution in [0.5, 0.6) is 0 Å². The van der Waals surface area contributed by atoms with Crippen LogP contribution in [0.2, 0.25) is 0 Å². The topological polar surface area (TPSA) is 123 Å². The Bertz CT molecular complexity index is 642. The number of halogens is 1. The first-order valence-corrected chi connectivity index (χ1v) is 6.77. The molecule has 0 saturated carbocycles. The molecule has 0 unspecified atom stereocenters. The maximum absolute atomic E-state index is 13.4. The molecule has 21 heavy (non-hydrogen) atoms. The molecule has 1 heterocycles. The van der Waals surface area contributed by atoms with E-state index in [1.807, 2.05) is 0 Å². The molecular weight excluding hydrogens is 297 g/mol. The number of thioether (sulfide) groups is 1. The van der Waals surface area contributed by atoms with Crippen molar-refractivity contribution in [3.05, 3.63) is 30.1 Å². The van der Waals surface area contributed by atoms with Gasteiger partial charge in [-0.15, -0.1) is 0 Å². The molecule has 2 rings (SSSR count). The number of carbonyl (C=O) groups is 2. The number of hydrogen-bond donors (Lipinski definition) is 3. The summed E-state index contributed by atoms with van der Waals surface area (Å²) in [6.45, 7) is 0. The van der Waals surface area contributed by atoms with Crippen LogP contribution in [0.1, 0.15) is 6.42 Å². The van der Waals surface area contributed by atoms with Crippen molar-refractivity contribution in [1.82, 2.24) is 0 Å². The van der Waals surface area contributed by atoms with Gasteiger partial charge < -0.3 is 16.8 Å². The molecule has 2 amide bonds. The fraction of sp³-hybridized carbons (Fsp3) is 0.167. The number of aliphatic imine (C=N–C) groups is 2. The highest BCUT2D eigenvalue weighted by Gasteiger charge is 2.30. The molecule has 0 spiro atoms. The second-order valence-electron chi connectivity index (χ2n) is 4.11. The number of carbonyl (C=O) groups excluding carboxylic acids is 2. The van der Waals surface area contributed by atoms with Crippen LogP contribution < -0.4 is 16.8 Å². The van der Waals surface area contributed by atoms with Crippen LogP contribution in [0.15, 0.2) is 34.3 Å². The van der Waals surface area contributed by atoms with Gasteiger partial charge in [-0.3, -0.25) is 9.59 Å². The average molecular weight is 309 g/mol. The van der Waals surface area contributed by atoms with Crippen molar-refractivity contribution in [3.63, 3.8) is 0 Å². The van der Waals surface area contributed by atoms with Gasteiger partial charge in [0.15, 0.2) is 11.1 Å². The first kappa shape index (κ1) is 15.0. The van der Waals surface area contributed by atoms with E-state index in [4.69, 9.17) is 11.5 Å². The van der Waals surface area contributed by atoms with Gasteiger partial charge in [0.2, 0.25) is 5.91 Å². The zero-order valence-electron chi connectivity index (χ0n) is 10.7. The van der Waals surface area contributed by atoms with E-state index in [1.54, 1.807) is 6.07 Å². The predicted molar refractivity (Wildman–Crippen MR) is 79.3 cm³/mol. The van der Waals surface area contributed by atoms with Gasteiger partial charge >= 0.3 is 0 Å². The third-order valence-corrected chi connectivity index (χ3v) is 3.52. The van der Waals surface area contributed by atoms with Crippen molar-refractivity contribution in [2.45, 2.75) is 11.7 Å². The minimum atomic E-state index is -0.713. The van der Waals surface area contributed by atoms with Gasteiger partial charge in [0, 0.05) is 6.42 Å². The Morgan fingerprint density at radius 1 is 1.43 bits per heavy atom. The van der Waals surface area contributed by atoms with Crippen molar-refractivity contribution in [2.24, 2.45) is 21.5 Å². The second-order valence-corrected chi connectivity index (χ2v) is 5.28. The number of nitrogens with two attached hydrogens (primary N) is 2. The van der Waals surface area contributed by atoms with Crippen LogP contribution in [0.4, 0.5) is 10.1 Å². The number of benzene rings is 1. The lowest BCUT2D eigenvalue weighted by Crippen LogP contribution is -2.23. The van der Waals surface area contributed by atoms with Gasteiger partial charge in [0.05, 0.1) is 5.69 Å². The summed E-state index contributed by atoms with van der Waals surface area (Å²) in [5.41, 5.74) is 10.4. The molecule has 1 aliphatic heterocycles. The molecule has 0 radical (unpaired) electrons. The summed E-state index contributed by atoms with van der Waals surface area (Å²) >= 11 is 0.989. The van der Waals surface area contributed by atoms with Crippen molar-refractivity contribution >= 4 is 40.4 Å². The zero-order valence-corrected chi connectivity index (χ0v) is 11.6. The summed E-state index contributed by atoms with van der Waals surface area (Å²) in [6.07, 6.45) is -0.148. The number of anilines is 1. The third-order valence-electron chi connectivity index (χ3n) is 2.47. The molecule has 0 aromatic heterocycles. The van der Waals surface area contributed by atoms with Gasteiger partial charge in [0.25, 0.3) is 5.91 Å². The summed E-state index contributed by atoms with van der Waals surface area (Å²) in [4.78, 5) is 30.7. The highest BCUT2D eigenvalue weighted by molar-refractivity contribution is 8.15. The van der Waals surface area contributed by atoms with Gasteiger partial charge in [-0.1, -0.05) is 23.9 Å². The third kappa shape index (κ3) is 4.02. The number of amidine groups is 1. The average Bonchev–Trinajstić information content (AvgIpc) is 2.71. The monoisotopic (exact) mass is 309 g/mol. The summed E-state index contributed by atoms with van der Waals surface area (Å²) in [7, 11) is 0. The Kier molecular flexibility index (Phi) is 4.53. The second kappa shape index (κ2) is 6.35. The van der Waals surface area contributed by atoms with Gasteiger partial charge in [0.1, 0.15) is 11.1 Å². The van der Waals surface area contributed by atoms with E-state index >= 15 is 0 Å². The van der Waals surface area contributed by atoms with Crippen molar-refractivity contribution in [3.8, 4) is 0 Å². The van der Waals surface area contributed by atoms with Crippen LogP contribution in [0.3, 0.4) is 0 Å². The predicted octanol–water partition coefficient (Wildman–Crippen LogP) is 0.426. The number of rotatable bonds is 3. The molecule has 1 aromatic carbocycles. The minimum absolute atomic E-state index is 0.0586. The molecule has 1 aromatic rings. The van der Waals surface area contributed by atoms with E-state index in [-0.39, 0.29) is 23.2 Å². The molecule has 110 valence electrons. The first-order valence-electron chi connectivity index (χ1n) is 5.89. The Morgan fingerprint density at radius 3 is 2.81 bits per heavy atom. The van der Waals surface area contributed by atoms with Crippen molar-refractivity contribution < 1.29 is 14.0 Å². The molecule has 1 aliphatic rings. The lowest BCUT2D eigenvalue weighted by atomic mass is 10.2. The fourth-order valence-electron chi connectivity index (χ4n) is 1.59. The Hall–Kier alpha value is -2.42. The number of hydrogen-bond acceptors (Lipinski definition) is 4. The molecule has 0 bridgehead atoms. The highest BCUT2D eigenvalue weighted by Crippen LogP contribution is 2.26. The minimum Gasteiger partial charge on any atom is -0.370 e. The molecule has 1 atom stereocenters. The fourth-order valence-corrected chi connectivity index (χ4v) is 2.54. The largest absolute Gasteiger partial charge is 0.370 e. The van der Waals surface area contributed by atoms with Crippen molar-refractivity contribution in [2.75, 3.05) is 5.32 Å². The Labute approximate surface area is 123 Å². The smallest absolute Gasteiger partial charge is 0.262 e. The first-order chi connectivity index (χ1) is 9.95. The number of para-hydroxylation sites is 1. The summed E-state index contributed by atoms with van der Waals surface area (Å²) in [5.74, 6) is -1.75. The van der Waals surface area contributed by atoms with E-state index in [2.05, 4.69) is 15.3 Å². The summed E-state index contributed by atoms with van der Waals surface area (Å²) < 4.78 is 13.4. The van der Waals surface area contributed by atoms with Crippen LogP contribution in [0.25, 0.3) is 0 Å². The van der Waals surface area contributed by atoms with E-state index in [0.29, 0.717) is 0 Å². The lowest BCUT2D eigenvalue weighted by Gasteiger charge is -2.08. The maximum atomic E-state index is 13.4. The standard InChI is InChI=1S/C12H12FN5O2S/c13-6-3-1-2-4-7(6)16-9(19)5-8-10(20)17-12(21-8)18-11(14)15/h1-4,8H,5H2,(H,16,19)(H4,14,15,17,18,20)/t8-/m1/s1. The Morgan fingerprint density at radius 2 is 2.14 bits per heavy atom. The van der Waals surface area contributed by atoms with Crippen LogP contribution >= 0.6 is 11.8 Å². The number of nitrogens with zero attached hydrogens (tertiary/aromatic N) is 2. The van der Waals surface area contributed by atoms with E-state index in [0.717, 1.165) is 11.8 Å². The Balaban J connectivity index is 1.95. The lowest BCUT2D eigenvalue weighted by molar-refractivity contribution is -0.121. The molecule has 0 fully saturated rings. The molecular formula is C12H12FN5O2S. The zero-order chi connectivity index (χ0) is 15.4. The summed E-state index contributed by atoms with van der Waals surface area (Å²) in [6, 6.07) is 5.76. The molecule has 0 saturated heterocycles. The van der Waals surface area contributed by atoms with Gasteiger partial charge in [-0.2, -0.15) is 9.98 Å². The van der Waals surface area contributed by atoms with Crippen molar-refractivity contribution in [1.29, 1.82) is 0 Å². The SMILES string of the molecule is NC(N)=NC1=NC(=O)[C@@H](CC(=O)Nc2ccccc2F)S1. The number of guanidine groups is 1. The molecule has 9 heteroatoms. The van der Waals surface area contributed by atoms with E-state index in [1.165, 1.54) is 18.2 Å². The van der Waals surface area contributed by atoms with Gasteiger partial charge in [-0.05, 0) is 12.1 Å². The van der Waals surface area contributed by atoms with Crippen LogP contribution in [-0.4, -0.2) is 28.2 Å². The van der Waals surface area contributed by atoms with Crippen LogP contribution in [0, 0.1) is 5.82 Å². The quantitative estimate of drug-likeness (QED) is 0.552. The highest BCUT2D eigenvalue weighted by atomic mass is 32.2. The molecule has 7 nitrogen and oxygen atoms in total. The van der Waals surface area contributed by atoms with Gasteiger partial charge in [-0.25, -0.2) is 4.39 Å². The number of nitrogens with one attached hydrogen (secondary N) is 1. The van der Waals surface area contributed by atoms with E-state index < -0.39 is 22.9 Å². The maximum Gasteiger partial charge on any atom is 0.262 e. The number of amides is 2. The van der Waals surface area contributed by atoms with Crippen LogP contribution in [-0.2, 0) is 9.59 Å². The molecule has 0 aliphatic carbocycles.